The molecular formula is C13H17F6NO. The first-order valence-electron chi connectivity index (χ1n) is 6.42. The molecule has 0 aliphatic carbocycles. The largest absolute Gasteiger partial charge is 0.466 e. The quantitative estimate of drug-likeness (QED) is 0.798. The molecule has 1 atom stereocenters. The lowest BCUT2D eigenvalue weighted by atomic mass is 9.91. The van der Waals surface area contributed by atoms with Gasteiger partial charge < -0.3 is 9.73 Å². The lowest BCUT2D eigenvalue weighted by Gasteiger charge is -2.31. The van der Waals surface area contributed by atoms with Crippen LogP contribution in [0.3, 0.4) is 0 Å². The van der Waals surface area contributed by atoms with Gasteiger partial charge in [-0.3, -0.25) is 0 Å². The maximum Gasteiger partial charge on any atom is 0.402 e. The van der Waals surface area contributed by atoms with E-state index in [4.69, 9.17) is 4.42 Å². The summed E-state index contributed by atoms with van der Waals surface area (Å²) < 4.78 is 82.6. The molecule has 1 N–H and O–H groups in total. The minimum atomic E-state index is -5.40. The minimum Gasteiger partial charge on any atom is -0.466 e. The van der Waals surface area contributed by atoms with E-state index in [2.05, 4.69) is 5.32 Å². The Morgan fingerprint density at radius 2 is 1.62 bits per heavy atom. The molecule has 0 saturated carbocycles. The summed E-state index contributed by atoms with van der Waals surface area (Å²) in [7, 11) is 0. The highest BCUT2D eigenvalue weighted by Gasteiger charge is 2.60. The summed E-state index contributed by atoms with van der Waals surface area (Å²) in [5.74, 6) is -3.15. The number of halogens is 6. The van der Waals surface area contributed by atoms with Crippen LogP contribution in [0, 0.1) is 19.8 Å². The maximum absolute atomic E-state index is 12.9. The van der Waals surface area contributed by atoms with E-state index in [9.17, 15) is 26.3 Å². The Balaban J connectivity index is 3.30. The lowest BCUT2D eigenvalue weighted by Crippen LogP contribution is -2.46. The Labute approximate surface area is 118 Å². The fourth-order valence-corrected chi connectivity index (χ4v) is 2.23. The number of nitrogens with one attached hydrogen (secondary N) is 1. The second-order valence-corrected chi connectivity index (χ2v) is 4.86. The first-order valence-corrected chi connectivity index (χ1v) is 6.42. The SMILES string of the molecule is CCCNC(c1cc(C)oc1C)C(C(F)(F)F)C(F)(F)F. The van der Waals surface area contributed by atoms with E-state index in [1.54, 1.807) is 6.92 Å². The van der Waals surface area contributed by atoms with Crippen LogP contribution in [0.5, 0.6) is 0 Å². The topological polar surface area (TPSA) is 25.2 Å². The Morgan fingerprint density at radius 1 is 1.10 bits per heavy atom. The molecule has 1 rings (SSSR count). The van der Waals surface area contributed by atoms with E-state index in [1.807, 2.05) is 0 Å². The van der Waals surface area contributed by atoms with Crippen molar-refractivity contribution in [2.24, 2.45) is 5.92 Å². The minimum absolute atomic E-state index is 0.0387. The molecule has 0 aromatic carbocycles. The molecule has 0 spiro atoms. The molecule has 0 aliphatic rings. The first-order chi connectivity index (χ1) is 9.48. The van der Waals surface area contributed by atoms with E-state index < -0.39 is 24.3 Å². The highest BCUT2D eigenvalue weighted by atomic mass is 19.4. The van der Waals surface area contributed by atoms with E-state index >= 15 is 0 Å². The molecule has 0 fully saturated rings. The number of aryl methyl sites for hydroxylation is 2. The highest BCUT2D eigenvalue weighted by molar-refractivity contribution is 5.25. The maximum atomic E-state index is 12.9. The van der Waals surface area contributed by atoms with Crippen LogP contribution in [0.25, 0.3) is 0 Å². The van der Waals surface area contributed by atoms with Gasteiger partial charge in [-0.05, 0) is 32.9 Å². The molecular weight excluding hydrogens is 300 g/mol. The molecule has 1 unspecified atom stereocenters. The summed E-state index contributed by atoms with van der Waals surface area (Å²) in [4.78, 5) is 0. The summed E-state index contributed by atoms with van der Waals surface area (Å²) in [6.07, 6.45) is -10.4. The van der Waals surface area contributed by atoms with Gasteiger partial charge in [-0.2, -0.15) is 26.3 Å². The molecule has 122 valence electrons. The molecule has 1 heterocycles. The second-order valence-electron chi connectivity index (χ2n) is 4.86. The van der Waals surface area contributed by atoms with Gasteiger partial charge in [0.25, 0.3) is 0 Å². The Hall–Kier alpha value is -1.18. The normalized spacial score (nSPS) is 14.8. The highest BCUT2D eigenvalue weighted by Crippen LogP contribution is 2.47. The van der Waals surface area contributed by atoms with Gasteiger partial charge in [-0.25, -0.2) is 0 Å². The number of alkyl halides is 6. The predicted octanol–water partition coefficient (Wildman–Crippen LogP) is 4.68. The number of furan rings is 1. The zero-order valence-corrected chi connectivity index (χ0v) is 11.8. The van der Waals surface area contributed by atoms with Crippen LogP contribution in [0.15, 0.2) is 10.5 Å². The van der Waals surface area contributed by atoms with Gasteiger partial charge in [0, 0.05) is 5.56 Å². The fourth-order valence-electron chi connectivity index (χ4n) is 2.23. The summed E-state index contributed by atoms with van der Waals surface area (Å²) in [6.45, 7) is 4.53. The van der Waals surface area contributed by atoms with Gasteiger partial charge in [-0.15, -0.1) is 0 Å². The molecule has 0 amide bonds. The molecule has 1 aromatic rings. The summed E-state index contributed by atoms with van der Waals surface area (Å²) >= 11 is 0. The van der Waals surface area contributed by atoms with Crippen LogP contribution < -0.4 is 5.32 Å². The predicted molar refractivity (Wildman–Crippen MR) is 64.8 cm³/mol. The van der Waals surface area contributed by atoms with Gasteiger partial charge >= 0.3 is 12.4 Å². The average Bonchev–Trinajstić information content (AvgIpc) is 2.59. The second kappa shape index (κ2) is 6.29. The van der Waals surface area contributed by atoms with Crippen molar-refractivity contribution in [2.45, 2.75) is 45.6 Å². The third-order valence-electron chi connectivity index (χ3n) is 3.07. The molecule has 0 aliphatic heterocycles. The van der Waals surface area contributed by atoms with E-state index in [-0.39, 0.29) is 23.6 Å². The molecule has 0 saturated heterocycles. The third-order valence-corrected chi connectivity index (χ3v) is 3.07. The number of rotatable bonds is 5. The summed E-state index contributed by atoms with van der Waals surface area (Å²) in [5, 5.41) is 2.35. The standard InChI is InChI=1S/C13H17F6NO/c1-4-5-20-10(9-6-7(2)21-8(9)3)11(12(14,15)16)13(17,18)19/h6,10-11,20H,4-5H2,1-3H3. The van der Waals surface area contributed by atoms with Crippen molar-refractivity contribution in [1.82, 2.24) is 5.32 Å². The Morgan fingerprint density at radius 3 is 1.95 bits per heavy atom. The summed E-state index contributed by atoms with van der Waals surface area (Å²) in [5.41, 5.74) is -0.111. The van der Waals surface area contributed by atoms with Crippen LogP contribution in [0.4, 0.5) is 26.3 Å². The smallest absolute Gasteiger partial charge is 0.402 e. The van der Waals surface area contributed by atoms with E-state index in [0.717, 1.165) is 0 Å². The third kappa shape index (κ3) is 4.39. The molecule has 21 heavy (non-hydrogen) atoms. The molecule has 0 bridgehead atoms. The van der Waals surface area contributed by atoms with Crippen molar-refractivity contribution in [3.8, 4) is 0 Å². The molecule has 8 heteroatoms. The van der Waals surface area contributed by atoms with Crippen LogP contribution in [-0.2, 0) is 0 Å². The van der Waals surface area contributed by atoms with Crippen molar-refractivity contribution >= 4 is 0 Å². The zero-order chi connectivity index (χ0) is 16.4. The fraction of sp³-hybridized carbons (Fsp3) is 0.692. The molecule has 1 aromatic heterocycles. The number of hydrogen-bond acceptors (Lipinski definition) is 2. The van der Waals surface area contributed by atoms with Crippen LogP contribution in [0.1, 0.15) is 36.5 Å². The summed E-state index contributed by atoms with van der Waals surface area (Å²) in [6, 6.07) is -0.699. The lowest BCUT2D eigenvalue weighted by molar-refractivity contribution is -0.292. The average molecular weight is 317 g/mol. The van der Waals surface area contributed by atoms with Gasteiger partial charge in [0.15, 0.2) is 5.92 Å². The van der Waals surface area contributed by atoms with Crippen LogP contribution in [0.2, 0.25) is 0 Å². The first kappa shape index (κ1) is 17.9. The van der Waals surface area contributed by atoms with E-state index in [0.29, 0.717) is 6.42 Å². The van der Waals surface area contributed by atoms with Gasteiger partial charge in [0.2, 0.25) is 0 Å². The Bertz CT molecular complexity index is 448. The van der Waals surface area contributed by atoms with Crippen molar-refractivity contribution in [2.75, 3.05) is 6.54 Å². The number of hydrogen-bond donors (Lipinski definition) is 1. The molecule has 0 radical (unpaired) electrons. The zero-order valence-electron chi connectivity index (χ0n) is 11.8. The Kier molecular flexibility index (Phi) is 5.35. The van der Waals surface area contributed by atoms with Crippen LogP contribution in [-0.4, -0.2) is 18.9 Å². The van der Waals surface area contributed by atoms with Gasteiger partial charge in [0.1, 0.15) is 11.5 Å². The monoisotopic (exact) mass is 317 g/mol. The van der Waals surface area contributed by atoms with Gasteiger partial charge in [0.05, 0.1) is 6.04 Å². The van der Waals surface area contributed by atoms with Crippen LogP contribution >= 0.6 is 0 Å². The van der Waals surface area contributed by atoms with Crippen molar-refractivity contribution in [3.05, 3.63) is 23.2 Å². The van der Waals surface area contributed by atoms with Crippen molar-refractivity contribution < 1.29 is 30.8 Å². The van der Waals surface area contributed by atoms with Gasteiger partial charge in [-0.1, -0.05) is 6.92 Å². The van der Waals surface area contributed by atoms with E-state index in [1.165, 1.54) is 19.9 Å². The van der Waals surface area contributed by atoms with Crippen molar-refractivity contribution in [3.63, 3.8) is 0 Å². The molecule has 2 nitrogen and oxygen atoms in total. The van der Waals surface area contributed by atoms with Crippen molar-refractivity contribution in [1.29, 1.82) is 0 Å².